The number of rotatable bonds is 1. The average molecular weight is 455 g/mol. The van der Waals surface area contributed by atoms with E-state index in [2.05, 4.69) is 13.8 Å². The first-order valence-corrected chi connectivity index (χ1v) is 12.1. The van der Waals surface area contributed by atoms with Crippen LogP contribution in [0.25, 0.3) is 0 Å². The zero-order chi connectivity index (χ0) is 23.5. The van der Waals surface area contributed by atoms with Crippen LogP contribution >= 0.6 is 0 Å². The lowest BCUT2D eigenvalue weighted by Gasteiger charge is -2.62. The summed E-state index contributed by atoms with van der Waals surface area (Å²) in [6.07, 6.45) is 5.01. The summed E-state index contributed by atoms with van der Waals surface area (Å²) in [6, 6.07) is 0. The molecule has 4 aliphatic carbocycles. The molecule has 5 fully saturated rings. The third-order valence-electron chi connectivity index (χ3n) is 11.1. The molecule has 0 radical (unpaired) electrons. The number of Topliss-reactive ketones (excluding diaryl/α,β-unsaturated/α-hetero) is 1. The first-order chi connectivity index (χ1) is 15.4. The van der Waals surface area contributed by atoms with E-state index in [1.807, 2.05) is 13.0 Å². The van der Waals surface area contributed by atoms with Crippen LogP contribution in [-0.2, 0) is 28.6 Å². The molecule has 33 heavy (non-hydrogen) atoms. The summed E-state index contributed by atoms with van der Waals surface area (Å²) in [5.74, 6) is -1.34. The predicted octanol–water partition coefficient (Wildman–Crippen LogP) is 3.03. The van der Waals surface area contributed by atoms with Crippen LogP contribution in [0.2, 0.25) is 0 Å². The van der Waals surface area contributed by atoms with Gasteiger partial charge in [-0.2, -0.15) is 0 Å². The van der Waals surface area contributed by atoms with Crippen LogP contribution in [-0.4, -0.2) is 46.7 Å². The van der Waals surface area contributed by atoms with Crippen LogP contribution in [0, 0.1) is 39.4 Å². The Kier molecular flexibility index (Phi) is 3.28. The number of carbonyl (C=O) groups is 3. The molecule has 7 heteroatoms. The maximum Gasteiger partial charge on any atom is 0.314 e. The largest absolute Gasteiger partial charge is 0.504 e. The van der Waals surface area contributed by atoms with Gasteiger partial charge in [0.25, 0.3) is 0 Å². The van der Waals surface area contributed by atoms with E-state index in [9.17, 15) is 19.5 Å². The molecule has 0 amide bonds. The molecular weight excluding hydrogens is 424 g/mol. The lowest BCUT2D eigenvalue weighted by atomic mass is 9.39. The topological polar surface area (TPSA) is 106 Å². The van der Waals surface area contributed by atoms with E-state index >= 15 is 0 Å². The van der Waals surface area contributed by atoms with E-state index in [0.717, 1.165) is 12.8 Å². The number of ketones is 2. The Morgan fingerprint density at radius 1 is 1.09 bits per heavy atom. The van der Waals surface area contributed by atoms with Gasteiger partial charge in [-0.25, -0.2) is 0 Å². The highest BCUT2D eigenvalue weighted by Gasteiger charge is 2.88. The monoisotopic (exact) mass is 454 g/mol. The summed E-state index contributed by atoms with van der Waals surface area (Å²) < 4.78 is 17.4. The molecule has 0 aromatic rings. The van der Waals surface area contributed by atoms with E-state index in [4.69, 9.17) is 14.2 Å². The maximum absolute atomic E-state index is 14.1. The van der Waals surface area contributed by atoms with Gasteiger partial charge in [0.05, 0.1) is 22.9 Å². The lowest BCUT2D eigenvalue weighted by Crippen LogP contribution is -2.67. The number of fused-ring (bicyclic) bond motifs is 4. The summed E-state index contributed by atoms with van der Waals surface area (Å²) in [7, 11) is 0. The number of ether oxygens (including phenoxy) is 3. The highest BCUT2D eigenvalue weighted by Crippen LogP contribution is 2.81. The van der Waals surface area contributed by atoms with Gasteiger partial charge in [-0.15, -0.1) is 0 Å². The smallest absolute Gasteiger partial charge is 0.314 e. The van der Waals surface area contributed by atoms with Crippen LogP contribution in [0.4, 0.5) is 0 Å². The Labute approximate surface area is 192 Å². The SMILES string of the molecule is CC1(C)C(=O)C=CC2(C)C1=C(O)C(=O)C1(C)C2CCC2(C)C(C3C(=O)OC4OC43)CC3OC321. The van der Waals surface area contributed by atoms with Crippen LogP contribution in [0.1, 0.15) is 53.9 Å². The van der Waals surface area contributed by atoms with Crippen LogP contribution in [0.3, 0.4) is 0 Å². The summed E-state index contributed by atoms with van der Waals surface area (Å²) in [5.41, 5.74) is -3.17. The molecular formula is C26H30O7. The van der Waals surface area contributed by atoms with E-state index < -0.39 is 33.6 Å². The van der Waals surface area contributed by atoms with Gasteiger partial charge in [-0.1, -0.05) is 19.9 Å². The molecule has 1 spiro atoms. The van der Waals surface area contributed by atoms with Gasteiger partial charge in [0.1, 0.15) is 11.7 Å². The molecule has 176 valence electrons. The highest BCUT2D eigenvalue weighted by atomic mass is 16.8. The number of carbonyl (C=O) groups excluding carboxylic acids is 3. The molecule has 0 aromatic heterocycles. The Morgan fingerprint density at radius 2 is 1.82 bits per heavy atom. The van der Waals surface area contributed by atoms with Gasteiger partial charge in [-0.05, 0) is 63.5 Å². The molecule has 10 atom stereocenters. The summed E-state index contributed by atoms with van der Waals surface area (Å²) in [4.78, 5) is 39.5. The molecule has 7 nitrogen and oxygen atoms in total. The third-order valence-corrected chi connectivity index (χ3v) is 11.1. The highest BCUT2D eigenvalue weighted by molar-refractivity contribution is 6.06. The van der Waals surface area contributed by atoms with E-state index in [-0.39, 0.29) is 53.3 Å². The number of aliphatic hydroxyl groups excluding tert-OH is 1. The molecule has 7 aliphatic rings. The fraction of sp³-hybridized carbons (Fsp3) is 0.731. The molecule has 7 rings (SSSR count). The normalized spacial score (nSPS) is 57.1. The molecule has 3 heterocycles. The predicted molar refractivity (Wildman–Crippen MR) is 114 cm³/mol. The zero-order valence-corrected chi connectivity index (χ0v) is 19.6. The zero-order valence-electron chi connectivity index (χ0n) is 19.6. The van der Waals surface area contributed by atoms with Crippen molar-refractivity contribution in [3.05, 3.63) is 23.5 Å². The lowest BCUT2D eigenvalue weighted by molar-refractivity contribution is -0.173. The third kappa shape index (κ3) is 1.84. The van der Waals surface area contributed by atoms with Crippen molar-refractivity contribution in [3.8, 4) is 0 Å². The molecule has 10 unspecified atom stereocenters. The van der Waals surface area contributed by atoms with Gasteiger partial charge in [0.15, 0.2) is 11.5 Å². The van der Waals surface area contributed by atoms with Crippen LogP contribution in [0.5, 0.6) is 0 Å². The molecule has 2 saturated carbocycles. The minimum Gasteiger partial charge on any atom is -0.504 e. The van der Waals surface area contributed by atoms with Crippen molar-refractivity contribution in [2.24, 2.45) is 39.4 Å². The fourth-order valence-corrected chi connectivity index (χ4v) is 9.57. The van der Waals surface area contributed by atoms with Crippen molar-refractivity contribution in [1.82, 2.24) is 0 Å². The Hall–Kier alpha value is -1.99. The minimum absolute atomic E-state index is 0.00654. The van der Waals surface area contributed by atoms with Crippen molar-refractivity contribution in [1.29, 1.82) is 0 Å². The Morgan fingerprint density at radius 3 is 2.48 bits per heavy atom. The van der Waals surface area contributed by atoms with E-state index in [0.29, 0.717) is 12.0 Å². The standard InChI is InChI=1S/C26H30O7/c1-22(2)13(27)7-8-23(3)12-6-9-24(4)11(15-17-21(31-17)32-20(15)30)10-14-26(24,33-14)25(12,5)19(29)16(28)18(22)23/h7-8,11-12,14-15,17,21,28H,6,9-10H2,1-5H3. The van der Waals surface area contributed by atoms with E-state index in [1.54, 1.807) is 19.9 Å². The molecule has 3 saturated heterocycles. The number of hydrogen-bond acceptors (Lipinski definition) is 7. The van der Waals surface area contributed by atoms with Gasteiger partial charge in [0, 0.05) is 10.8 Å². The number of esters is 1. The molecule has 0 bridgehead atoms. The van der Waals surface area contributed by atoms with Gasteiger partial charge < -0.3 is 19.3 Å². The number of epoxide rings is 2. The second-order valence-corrected chi connectivity index (χ2v) is 12.5. The van der Waals surface area contributed by atoms with Crippen molar-refractivity contribution < 1.29 is 33.7 Å². The minimum atomic E-state index is -0.963. The summed E-state index contributed by atoms with van der Waals surface area (Å²) >= 11 is 0. The Balaban J connectivity index is 1.39. The van der Waals surface area contributed by atoms with Gasteiger partial charge in [-0.3, -0.25) is 14.4 Å². The van der Waals surface area contributed by atoms with Gasteiger partial charge >= 0.3 is 5.97 Å². The summed E-state index contributed by atoms with van der Waals surface area (Å²) in [6.45, 7) is 9.76. The summed E-state index contributed by atoms with van der Waals surface area (Å²) in [5, 5.41) is 11.4. The number of allylic oxidation sites excluding steroid dienone is 4. The van der Waals surface area contributed by atoms with E-state index in [1.165, 1.54) is 0 Å². The van der Waals surface area contributed by atoms with Crippen molar-refractivity contribution >= 4 is 17.5 Å². The number of hydrogen-bond donors (Lipinski definition) is 1. The first kappa shape index (κ1) is 20.4. The maximum atomic E-state index is 14.1. The van der Waals surface area contributed by atoms with Crippen molar-refractivity contribution in [2.75, 3.05) is 0 Å². The van der Waals surface area contributed by atoms with Crippen LogP contribution < -0.4 is 0 Å². The van der Waals surface area contributed by atoms with Crippen molar-refractivity contribution in [2.45, 2.75) is 78.0 Å². The second kappa shape index (κ2) is 5.30. The fourth-order valence-electron chi connectivity index (χ4n) is 9.57. The van der Waals surface area contributed by atoms with Crippen molar-refractivity contribution in [3.63, 3.8) is 0 Å². The second-order valence-electron chi connectivity index (χ2n) is 12.5. The first-order valence-electron chi connectivity index (χ1n) is 12.1. The van der Waals surface area contributed by atoms with Gasteiger partial charge in [0.2, 0.25) is 12.1 Å². The quantitative estimate of drug-likeness (QED) is 0.479. The molecule has 3 aliphatic heterocycles. The number of aliphatic hydroxyl groups is 1. The molecule has 1 N–H and O–H groups in total. The van der Waals surface area contributed by atoms with Crippen LogP contribution in [0.15, 0.2) is 23.5 Å². The Bertz CT molecular complexity index is 1130. The molecule has 0 aromatic carbocycles. The average Bonchev–Trinajstić information content (AvgIpc) is 3.61.